The van der Waals surface area contributed by atoms with Crippen LogP contribution in [0.25, 0.3) is 22.1 Å². The van der Waals surface area contributed by atoms with Crippen LogP contribution in [-0.2, 0) is 22.7 Å². The molecule has 6 rings (SSSR count). The lowest BCUT2D eigenvalue weighted by molar-refractivity contribution is -0.142. The molecule has 2 aliphatic rings. The Balaban J connectivity index is 0.000000500. The van der Waals surface area contributed by atoms with Crippen LogP contribution in [0.3, 0.4) is 0 Å². The van der Waals surface area contributed by atoms with Gasteiger partial charge >= 0.3 is 5.97 Å². The number of ether oxygens (including phenoxy) is 1. The minimum Gasteiger partial charge on any atom is -0.489 e. The Hall–Kier alpha value is -4.62. The quantitative estimate of drug-likeness (QED) is 0.214. The molecule has 7 heteroatoms. The number of rotatable bonds is 9. The molecule has 4 N–H and O–H groups in total. The standard InChI is InChI=1S/C28H26N2O5.C6H8/c29-15-17-4-3-5-20(12-17)23-14-18(13-21-10-11-34-26(21)23)16-35-24-7-2-1-6-22(24)25(28(32)33)30-27(31)19-8-9-19;1-2-4-6-5-3-1/h1-7,10-14,19,25H,8-9,15-16,29H2,(H,30,31)(H,32,33);1-4H,5-6H2. The van der Waals surface area contributed by atoms with Gasteiger partial charge in [0.2, 0.25) is 5.91 Å². The summed E-state index contributed by atoms with van der Waals surface area (Å²) in [5, 5.41) is 13.4. The van der Waals surface area contributed by atoms with Gasteiger partial charge in [0.05, 0.1) is 6.26 Å². The van der Waals surface area contributed by atoms with Gasteiger partial charge in [-0.15, -0.1) is 0 Å². The highest BCUT2D eigenvalue weighted by Crippen LogP contribution is 2.34. The van der Waals surface area contributed by atoms with Crippen molar-refractivity contribution < 1.29 is 23.8 Å². The van der Waals surface area contributed by atoms with E-state index in [4.69, 9.17) is 14.9 Å². The van der Waals surface area contributed by atoms with E-state index < -0.39 is 12.0 Å². The predicted octanol–water partition coefficient (Wildman–Crippen LogP) is 6.68. The van der Waals surface area contributed by atoms with Crippen molar-refractivity contribution >= 4 is 22.8 Å². The first kappa shape index (κ1) is 27.9. The molecule has 0 spiro atoms. The second kappa shape index (κ2) is 13.2. The molecule has 0 bridgehead atoms. The zero-order chi connectivity index (χ0) is 28.6. The molecule has 210 valence electrons. The summed E-state index contributed by atoms with van der Waals surface area (Å²) in [6.07, 6.45) is 14.2. The number of furan rings is 1. The van der Waals surface area contributed by atoms with Crippen molar-refractivity contribution in [1.82, 2.24) is 5.32 Å². The molecule has 0 aliphatic heterocycles. The van der Waals surface area contributed by atoms with Crippen molar-refractivity contribution in [2.75, 3.05) is 0 Å². The minimum atomic E-state index is -1.18. The molecule has 0 saturated heterocycles. The van der Waals surface area contributed by atoms with E-state index in [1.807, 2.05) is 42.5 Å². The topological polar surface area (TPSA) is 115 Å². The number of carbonyl (C=O) groups excluding carboxylic acids is 1. The van der Waals surface area contributed by atoms with Crippen molar-refractivity contribution in [3.8, 4) is 16.9 Å². The molecular formula is C34H34N2O5. The predicted molar refractivity (Wildman–Crippen MR) is 159 cm³/mol. The van der Waals surface area contributed by atoms with Crippen LogP contribution in [0.5, 0.6) is 5.75 Å². The monoisotopic (exact) mass is 550 g/mol. The number of carboxylic acid groups (broad SMARTS) is 1. The Labute approximate surface area is 239 Å². The average Bonchev–Trinajstić information content (AvgIpc) is 3.77. The summed E-state index contributed by atoms with van der Waals surface area (Å²) in [6, 6.07) is 19.6. The van der Waals surface area contributed by atoms with Crippen molar-refractivity contribution in [3.63, 3.8) is 0 Å². The smallest absolute Gasteiger partial charge is 0.331 e. The van der Waals surface area contributed by atoms with E-state index in [-0.39, 0.29) is 18.4 Å². The second-order valence-electron chi connectivity index (χ2n) is 10.2. The van der Waals surface area contributed by atoms with Gasteiger partial charge in [-0.05, 0) is 72.7 Å². The van der Waals surface area contributed by atoms with Gasteiger partial charge < -0.3 is 25.3 Å². The van der Waals surface area contributed by atoms with Crippen LogP contribution in [0.1, 0.15) is 48.4 Å². The Kier molecular flexibility index (Phi) is 8.96. The Morgan fingerprint density at radius 1 is 0.976 bits per heavy atom. The van der Waals surface area contributed by atoms with Gasteiger partial charge in [0.25, 0.3) is 0 Å². The lowest BCUT2D eigenvalue weighted by atomic mass is 9.99. The van der Waals surface area contributed by atoms with Gasteiger partial charge in [-0.3, -0.25) is 4.79 Å². The molecule has 1 fully saturated rings. The first-order chi connectivity index (χ1) is 20.0. The summed E-state index contributed by atoms with van der Waals surface area (Å²) >= 11 is 0. The Morgan fingerprint density at radius 2 is 1.76 bits per heavy atom. The largest absolute Gasteiger partial charge is 0.489 e. The number of aliphatic carboxylic acids is 1. The number of amides is 1. The maximum Gasteiger partial charge on any atom is 0.331 e. The average molecular weight is 551 g/mol. The molecule has 0 radical (unpaired) electrons. The Bertz CT molecular complexity index is 1570. The summed E-state index contributed by atoms with van der Waals surface area (Å²) in [7, 11) is 0. The maximum absolute atomic E-state index is 12.3. The van der Waals surface area contributed by atoms with Crippen LogP contribution in [0.15, 0.2) is 102 Å². The summed E-state index contributed by atoms with van der Waals surface area (Å²) in [6.45, 7) is 0.654. The van der Waals surface area contributed by atoms with Crippen molar-refractivity contribution in [1.29, 1.82) is 0 Å². The summed E-state index contributed by atoms with van der Waals surface area (Å²) < 4.78 is 11.9. The SMILES string of the molecule is C1=CCCC=C1.NCc1cccc(-c2cc(COc3ccccc3C(NC(=O)C3CC3)C(=O)O)cc3ccoc23)c1. The number of benzene rings is 3. The molecular weight excluding hydrogens is 516 g/mol. The fraction of sp³-hybridized carbons (Fsp3) is 0.235. The third-order valence-corrected chi connectivity index (χ3v) is 7.07. The van der Waals surface area contributed by atoms with Crippen molar-refractivity contribution in [2.45, 2.75) is 44.9 Å². The summed E-state index contributed by atoms with van der Waals surface area (Å²) in [5.74, 6) is -1.04. The fourth-order valence-corrected chi connectivity index (χ4v) is 4.74. The molecule has 7 nitrogen and oxygen atoms in total. The highest BCUT2D eigenvalue weighted by atomic mass is 16.5. The van der Waals surface area contributed by atoms with Crippen LogP contribution in [0.4, 0.5) is 0 Å². The number of fused-ring (bicyclic) bond motifs is 1. The van der Waals surface area contributed by atoms with E-state index >= 15 is 0 Å². The van der Waals surface area contributed by atoms with Crippen molar-refractivity contribution in [2.24, 2.45) is 11.7 Å². The minimum absolute atomic E-state index is 0.0946. The fourth-order valence-electron chi connectivity index (χ4n) is 4.74. The lowest BCUT2D eigenvalue weighted by Gasteiger charge is -2.19. The maximum atomic E-state index is 12.3. The van der Waals surface area contributed by atoms with Gasteiger partial charge in [-0.1, -0.05) is 60.7 Å². The molecule has 1 amide bonds. The molecule has 41 heavy (non-hydrogen) atoms. The molecule has 1 aromatic heterocycles. The van der Waals surface area contributed by atoms with E-state index in [9.17, 15) is 14.7 Å². The molecule has 2 aliphatic carbocycles. The van der Waals surface area contributed by atoms with Gasteiger partial charge in [0.1, 0.15) is 17.9 Å². The number of nitrogens with one attached hydrogen (secondary N) is 1. The van der Waals surface area contributed by atoms with Gasteiger partial charge in [0, 0.05) is 29.0 Å². The normalized spacial score (nSPS) is 14.7. The highest BCUT2D eigenvalue weighted by molar-refractivity contribution is 5.93. The number of hydrogen-bond acceptors (Lipinski definition) is 5. The van der Waals surface area contributed by atoms with E-state index in [0.29, 0.717) is 17.9 Å². The van der Waals surface area contributed by atoms with Crippen molar-refractivity contribution in [3.05, 3.63) is 114 Å². The Morgan fingerprint density at radius 3 is 2.44 bits per heavy atom. The first-order valence-electron chi connectivity index (χ1n) is 13.9. The van der Waals surface area contributed by atoms with E-state index in [0.717, 1.165) is 46.1 Å². The number of allylic oxidation sites excluding steroid dienone is 4. The van der Waals surface area contributed by atoms with Gasteiger partial charge in [-0.25, -0.2) is 4.79 Å². The molecule has 1 atom stereocenters. The number of para-hydroxylation sites is 1. The molecule has 3 aromatic carbocycles. The summed E-state index contributed by atoms with van der Waals surface area (Å²) in [5.41, 5.74) is 10.8. The highest BCUT2D eigenvalue weighted by Gasteiger charge is 2.34. The second-order valence-corrected chi connectivity index (χ2v) is 10.2. The third kappa shape index (κ3) is 7.13. The van der Waals surface area contributed by atoms with E-state index in [1.165, 1.54) is 12.8 Å². The van der Waals surface area contributed by atoms with Crippen LogP contribution in [0.2, 0.25) is 0 Å². The van der Waals surface area contributed by atoms with E-state index in [1.54, 1.807) is 30.5 Å². The molecule has 1 saturated carbocycles. The zero-order valence-corrected chi connectivity index (χ0v) is 22.8. The van der Waals surface area contributed by atoms with Crippen LogP contribution in [-0.4, -0.2) is 17.0 Å². The van der Waals surface area contributed by atoms with Crippen LogP contribution in [0, 0.1) is 5.92 Å². The molecule has 1 heterocycles. The number of carboxylic acids is 1. The third-order valence-electron chi connectivity index (χ3n) is 7.07. The molecule has 4 aromatic rings. The van der Waals surface area contributed by atoms with Gasteiger partial charge in [0.15, 0.2) is 6.04 Å². The lowest BCUT2D eigenvalue weighted by Crippen LogP contribution is -2.34. The van der Waals surface area contributed by atoms with E-state index in [2.05, 4.69) is 29.6 Å². The summed E-state index contributed by atoms with van der Waals surface area (Å²) in [4.78, 5) is 24.3. The first-order valence-corrected chi connectivity index (χ1v) is 13.9. The number of hydrogen-bond donors (Lipinski definition) is 3. The van der Waals surface area contributed by atoms with Crippen LogP contribution < -0.4 is 15.8 Å². The van der Waals surface area contributed by atoms with Crippen LogP contribution >= 0.6 is 0 Å². The molecule has 1 unspecified atom stereocenters. The van der Waals surface area contributed by atoms with Gasteiger partial charge in [-0.2, -0.15) is 0 Å². The number of carbonyl (C=O) groups is 2. The number of nitrogens with two attached hydrogens (primary N) is 1. The zero-order valence-electron chi connectivity index (χ0n) is 22.8.